The first kappa shape index (κ1) is 12.9. The van der Waals surface area contributed by atoms with Crippen molar-refractivity contribution < 1.29 is 13.5 Å². The molecule has 2 saturated heterocycles. The normalized spacial score (nSPS) is 39.2. The molecule has 0 radical (unpaired) electrons. The molecule has 2 atom stereocenters. The zero-order valence-electron chi connectivity index (χ0n) is 10.3. The molecule has 2 rings (SSSR count). The summed E-state index contributed by atoms with van der Waals surface area (Å²) in [6.45, 7) is 1.97. The summed E-state index contributed by atoms with van der Waals surface area (Å²) in [6.07, 6.45) is 4.36. The molecule has 0 saturated carbocycles. The van der Waals surface area contributed by atoms with Gasteiger partial charge in [0.1, 0.15) is 0 Å². The Bertz CT molecular complexity index is 421. The molecule has 2 aliphatic rings. The number of fused-ring (bicyclic) bond motifs is 2. The third-order valence-corrected chi connectivity index (χ3v) is 6.58. The Morgan fingerprint density at radius 3 is 2.35 bits per heavy atom. The molecule has 2 unspecified atom stereocenters. The minimum Gasteiger partial charge on any atom is -0.389 e. The van der Waals surface area contributed by atoms with Gasteiger partial charge in [-0.1, -0.05) is 13.3 Å². The highest BCUT2D eigenvalue weighted by molar-refractivity contribution is 7.92. The molecule has 2 heterocycles. The van der Waals surface area contributed by atoms with Crippen LogP contribution in [-0.4, -0.2) is 29.6 Å². The van der Waals surface area contributed by atoms with E-state index < -0.39 is 15.4 Å². The van der Waals surface area contributed by atoms with Gasteiger partial charge in [-0.3, -0.25) is 0 Å². The maximum atomic E-state index is 12.1. The van der Waals surface area contributed by atoms with Crippen molar-refractivity contribution >= 4 is 9.84 Å². The van der Waals surface area contributed by atoms with E-state index >= 15 is 0 Å². The Hall–Kier alpha value is -0.530. The van der Waals surface area contributed by atoms with Gasteiger partial charge in [0, 0.05) is 12.8 Å². The Morgan fingerprint density at radius 1 is 1.24 bits per heavy atom. The van der Waals surface area contributed by atoms with Crippen LogP contribution in [0.5, 0.6) is 0 Å². The van der Waals surface area contributed by atoms with Gasteiger partial charge in [-0.2, -0.15) is 0 Å². The standard InChI is InChI=1S/C13H20O3S/c1-2-3-4-8-13(14)9-11-6-5-7-12(10-13)17(11,15)16/h11-12,14H,2,5-10H2,1H3. The molecule has 3 nitrogen and oxygen atoms in total. The zero-order chi connectivity index (χ0) is 12.5. The quantitative estimate of drug-likeness (QED) is 0.726. The van der Waals surface area contributed by atoms with E-state index in [1.807, 2.05) is 6.92 Å². The minimum absolute atomic E-state index is 0.330. The van der Waals surface area contributed by atoms with E-state index in [9.17, 15) is 13.5 Å². The predicted octanol–water partition coefficient (Wildman–Crippen LogP) is 1.65. The van der Waals surface area contributed by atoms with Crippen molar-refractivity contribution in [3.05, 3.63) is 0 Å². The van der Waals surface area contributed by atoms with E-state index in [1.165, 1.54) is 0 Å². The van der Waals surface area contributed by atoms with Crippen LogP contribution in [0.1, 0.15) is 51.9 Å². The van der Waals surface area contributed by atoms with E-state index in [0.717, 1.165) is 12.8 Å². The third kappa shape index (κ3) is 2.51. The second-order valence-corrected chi connectivity index (χ2v) is 7.79. The van der Waals surface area contributed by atoms with Crippen molar-refractivity contribution in [1.29, 1.82) is 0 Å². The van der Waals surface area contributed by atoms with E-state index in [2.05, 4.69) is 11.8 Å². The molecule has 2 fully saturated rings. The molecule has 0 aromatic heterocycles. The van der Waals surface area contributed by atoms with Crippen molar-refractivity contribution in [1.82, 2.24) is 0 Å². The lowest BCUT2D eigenvalue weighted by Crippen LogP contribution is -2.51. The average molecular weight is 256 g/mol. The molecule has 4 heteroatoms. The molecule has 0 spiro atoms. The fraction of sp³-hybridized carbons (Fsp3) is 0.846. The van der Waals surface area contributed by atoms with Gasteiger partial charge in [0.25, 0.3) is 0 Å². The van der Waals surface area contributed by atoms with Crippen LogP contribution >= 0.6 is 0 Å². The molecule has 0 aliphatic carbocycles. The van der Waals surface area contributed by atoms with Crippen LogP contribution in [0.2, 0.25) is 0 Å². The van der Waals surface area contributed by atoms with E-state index in [4.69, 9.17) is 0 Å². The van der Waals surface area contributed by atoms with E-state index in [0.29, 0.717) is 32.1 Å². The lowest BCUT2D eigenvalue weighted by atomic mass is 9.83. The number of hydrogen-bond acceptors (Lipinski definition) is 3. The third-order valence-electron chi connectivity index (χ3n) is 3.92. The van der Waals surface area contributed by atoms with Gasteiger partial charge in [-0.25, -0.2) is 8.42 Å². The van der Waals surface area contributed by atoms with Crippen LogP contribution in [0.4, 0.5) is 0 Å². The monoisotopic (exact) mass is 256 g/mol. The molecular formula is C13H20O3S. The first-order chi connectivity index (χ1) is 7.98. The van der Waals surface area contributed by atoms with Crippen molar-refractivity contribution in [2.75, 3.05) is 0 Å². The van der Waals surface area contributed by atoms with Crippen LogP contribution in [-0.2, 0) is 9.84 Å². The largest absolute Gasteiger partial charge is 0.389 e. The Labute approximate surface area is 104 Å². The summed E-state index contributed by atoms with van der Waals surface area (Å²) in [6, 6.07) is 0. The summed E-state index contributed by atoms with van der Waals surface area (Å²) in [4.78, 5) is 0. The maximum Gasteiger partial charge on any atom is 0.156 e. The summed E-state index contributed by atoms with van der Waals surface area (Å²) in [5, 5.41) is 9.81. The zero-order valence-corrected chi connectivity index (χ0v) is 11.1. The SMILES string of the molecule is CCC#CCC1(O)CC2CCCC(C1)S2(=O)=O. The van der Waals surface area contributed by atoms with E-state index in [-0.39, 0.29) is 10.5 Å². The van der Waals surface area contributed by atoms with Gasteiger partial charge in [0.05, 0.1) is 16.1 Å². The van der Waals surface area contributed by atoms with Gasteiger partial charge in [0.2, 0.25) is 0 Å². The first-order valence-electron chi connectivity index (χ1n) is 6.39. The van der Waals surface area contributed by atoms with Crippen molar-refractivity contribution in [3.63, 3.8) is 0 Å². The number of sulfone groups is 1. The van der Waals surface area contributed by atoms with Crippen LogP contribution in [0.15, 0.2) is 0 Å². The lowest BCUT2D eigenvalue weighted by molar-refractivity contribution is 0.0144. The second-order valence-electron chi connectivity index (χ2n) is 5.28. The molecule has 2 aliphatic heterocycles. The maximum absolute atomic E-state index is 12.1. The van der Waals surface area contributed by atoms with Crippen LogP contribution < -0.4 is 0 Å². The molecule has 0 aromatic rings. The fourth-order valence-electron chi connectivity index (χ4n) is 3.04. The Balaban J connectivity index is 2.15. The van der Waals surface area contributed by atoms with Gasteiger partial charge in [-0.15, -0.1) is 11.8 Å². The highest BCUT2D eigenvalue weighted by Crippen LogP contribution is 2.42. The Morgan fingerprint density at radius 2 is 1.82 bits per heavy atom. The number of hydrogen-bond donors (Lipinski definition) is 1. The highest BCUT2D eigenvalue weighted by Gasteiger charge is 2.49. The number of rotatable bonds is 1. The highest BCUT2D eigenvalue weighted by atomic mass is 32.2. The van der Waals surface area contributed by atoms with Gasteiger partial charge >= 0.3 is 0 Å². The summed E-state index contributed by atoms with van der Waals surface area (Å²) in [5.41, 5.74) is -0.872. The van der Waals surface area contributed by atoms with Crippen molar-refractivity contribution in [3.8, 4) is 11.8 Å². The summed E-state index contributed by atoms with van der Waals surface area (Å²) < 4.78 is 24.1. The van der Waals surface area contributed by atoms with Gasteiger partial charge in [-0.05, 0) is 25.7 Å². The average Bonchev–Trinajstić information content (AvgIpc) is 2.21. The van der Waals surface area contributed by atoms with Crippen LogP contribution in [0.3, 0.4) is 0 Å². The molecule has 0 aromatic carbocycles. The fourth-order valence-corrected chi connectivity index (χ4v) is 5.66. The second kappa shape index (κ2) is 4.62. The summed E-state index contributed by atoms with van der Waals surface area (Å²) in [7, 11) is -2.98. The van der Waals surface area contributed by atoms with Crippen LogP contribution in [0.25, 0.3) is 0 Å². The molecular weight excluding hydrogens is 236 g/mol. The topological polar surface area (TPSA) is 54.4 Å². The lowest BCUT2D eigenvalue weighted by Gasteiger charge is -2.43. The van der Waals surface area contributed by atoms with Gasteiger partial charge < -0.3 is 5.11 Å². The van der Waals surface area contributed by atoms with Gasteiger partial charge in [0.15, 0.2) is 9.84 Å². The summed E-state index contributed by atoms with van der Waals surface area (Å²) in [5.74, 6) is 5.91. The molecule has 96 valence electrons. The van der Waals surface area contributed by atoms with Crippen LogP contribution in [0, 0.1) is 11.8 Å². The number of aliphatic hydroxyl groups is 1. The molecule has 2 bridgehead atoms. The first-order valence-corrected chi connectivity index (χ1v) is 8.00. The summed E-state index contributed by atoms with van der Waals surface area (Å²) >= 11 is 0. The van der Waals surface area contributed by atoms with Crippen molar-refractivity contribution in [2.45, 2.75) is 68.0 Å². The molecule has 17 heavy (non-hydrogen) atoms. The van der Waals surface area contributed by atoms with Crippen molar-refractivity contribution in [2.24, 2.45) is 0 Å². The molecule has 0 amide bonds. The predicted molar refractivity (Wildman–Crippen MR) is 67.2 cm³/mol. The minimum atomic E-state index is -2.98. The Kier molecular flexibility index (Phi) is 3.51. The molecule has 1 N–H and O–H groups in total. The smallest absolute Gasteiger partial charge is 0.156 e. The van der Waals surface area contributed by atoms with E-state index in [1.54, 1.807) is 0 Å².